The first-order chi connectivity index (χ1) is 7.11. The highest BCUT2D eigenvalue weighted by Crippen LogP contribution is 2.11. The van der Waals surface area contributed by atoms with Gasteiger partial charge in [0.25, 0.3) is 0 Å². The van der Waals surface area contributed by atoms with Gasteiger partial charge in [-0.3, -0.25) is 0 Å². The maximum absolute atomic E-state index is 5.81. The van der Waals surface area contributed by atoms with E-state index in [1.54, 1.807) is 13.2 Å². The molecule has 0 spiro atoms. The van der Waals surface area contributed by atoms with Crippen LogP contribution in [-0.4, -0.2) is 30.2 Å². The Labute approximate surface area is 95.0 Å². The summed E-state index contributed by atoms with van der Waals surface area (Å²) >= 11 is 5.81. The lowest BCUT2D eigenvalue weighted by Crippen LogP contribution is -2.16. The standard InChI is InChI=1S/C10H16ClN3O/c1-7(6-15-3)5-12-10-4-9(11)13-8(2)14-10/h4,7H,5-6H2,1-3H3,(H,12,13,14). The van der Waals surface area contributed by atoms with Crippen molar-refractivity contribution < 1.29 is 4.74 Å². The van der Waals surface area contributed by atoms with Gasteiger partial charge >= 0.3 is 0 Å². The molecule has 0 aliphatic rings. The molecule has 84 valence electrons. The number of aryl methyl sites for hydroxylation is 1. The summed E-state index contributed by atoms with van der Waals surface area (Å²) in [5.74, 6) is 1.86. The number of methoxy groups -OCH3 is 1. The summed E-state index contributed by atoms with van der Waals surface area (Å²) in [6.07, 6.45) is 0. The zero-order valence-electron chi connectivity index (χ0n) is 9.25. The highest BCUT2D eigenvalue weighted by atomic mass is 35.5. The van der Waals surface area contributed by atoms with E-state index in [1.807, 2.05) is 6.92 Å². The van der Waals surface area contributed by atoms with Crippen molar-refractivity contribution in [2.45, 2.75) is 13.8 Å². The molecular weight excluding hydrogens is 214 g/mol. The van der Waals surface area contributed by atoms with Gasteiger partial charge in [0.2, 0.25) is 0 Å². The van der Waals surface area contributed by atoms with Crippen LogP contribution in [0.5, 0.6) is 0 Å². The van der Waals surface area contributed by atoms with E-state index in [2.05, 4.69) is 22.2 Å². The van der Waals surface area contributed by atoms with E-state index in [9.17, 15) is 0 Å². The third-order valence-electron chi connectivity index (χ3n) is 1.89. The van der Waals surface area contributed by atoms with Crippen molar-refractivity contribution in [3.63, 3.8) is 0 Å². The van der Waals surface area contributed by atoms with Crippen LogP contribution in [0.2, 0.25) is 5.15 Å². The molecule has 5 heteroatoms. The number of rotatable bonds is 5. The summed E-state index contributed by atoms with van der Waals surface area (Å²) < 4.78 is 5.04. The van der Waals surface area contributed by atoms with Crippen molar-refractivity contribution in [3.8, 4) is 0 Å². The molecule has 1 unspecified atom stereocenters. The van der Waals surface area contributed by atoms with E-state index < -0.39 is 0 Å². The van der Waals surface area contributed by atoms with Gasteiger partial charge in [-0.15, -0.1) is 0 Å². The Morgan fingerprint density at radius 1 is 1.53 bits per heavy atom. The van der Waals surface area contributed by atoms with Gasteiger partial charge in [-0.05, 0) is 12.8 Å². The van der Waals surface area contributed by atoms with Gasteiger partial charge in [-0.2, -0.15) is 0 Å². The fourth-order valence-electron chi connectivity index (χ4n) is 1.24. The lowest BCUT2D eigenvalue weighted by atomic mass is 10.2. The predicted octanol–water partition coefficient (Wildman–Crippen LogP) is 2.13. The number of anilines is 1. The third-order valence-corrected chi connectivity index (χ3v) is 2.08. The molecule has 1 N–H and O–H groups in total. The third kappa shape index (κ3) is 4.44. The highest BCUT2D eigenvalue weighted by molar-refractivity contribution is 6.29. The van der Waals surface area contributed by atoms with E-state index in [0.717, 1.165) is 19.0 Å². The maximum atomic E-state index is 5.81. The molecule has 0 aliphatic heterocycles. The van der Waals surface area contributed by atoms with Crippen LogP contribution in [0.3, 0.4) is 0 Å². The minimum Gasteiger partial charge on any atom is -0.384 e. The first kappa shape index (κ1) is 12.2. The average Bonchev–Trinajstić information content (AvgIpc) is 2.14. The Morgan fingerprint density at radius 2 is 2.27 bits per heavy atom. The maximum Gasteiger partial charge on any atom is 0.134 e. The van der Waals surface area contributed by atoms with E-state index in [0.29, 0.717) is 16.9 Å². The fourth-order valence-corrected chi connectivity index (χ4v) is 1.47. The average molecular weight is 230 g/mol. The Kier molecular flexibility index (Phi) is 4.78. The number of ether oxygens (including phenoxy) is 1. The molecule has 0 saturated carbocycles. The van der Waals surface area contributed by atoms with E-state index in [-0.39, 0.29) is 0 Å². The van der Waals surface area contributed by atoms with Gasteiger partial charge in [-0.1, -0.05) is 18.5 Å². The predicted molar refractivity (Wildman–Crippen MR) is 61.3 cm³/mol. The number of halogens is 1. The highest BCUT2D eigenvalue weighted by Gasteiger charge is 2.03. The van der Waals surface area contributed by atoms with Gasteiger partial charge in [0.15, 0.2) is 0 Å². The van der Waals surface area contributed by atoms with Crippen LogP contribution in [0.4, 0.5) is 5.82 Å². The van der Waals surface area contributed by atoms with Crippen LogP contribution in [0, 0.1) is 12.8 Å². The van der Waals surface area contributed by atoms with Crippen molar-refractivity contribution in [1.29, 1.82) is 0 Å². The molecule has 1 atom stereocenters. The molecule has 0 saturated heterocycles. The number of hydrogen-bond donors (Lipinski definition) is 1. The molecule has 0 radical (unpaired) electrons. The topological polar surface area (TPSA) is 47.0 Å². The van der Waals surface area contributed by atoms with Gasteiger partial charge in [-0.25, -0.2) is 9.97 Å². The summed E-state index contributed by atoms with van der Waals surface area (Å²) in [7, 11) is 1.70. The molecule has 1 heterocycles. The van der Waals surface area contributed by atoms with Crippen LogP contribution in [0.1, 0.15) is 12.7 Å². The van der Waals surface area contributed by atoms with Crippen molar-refractivity contribution >= 4 is 17.4 Å². The quantitative estimate of drug-likeness (QED) is 0.786. The Morgan fingerprint density at radius 3 is 2.87 bits per heavy atom. The number of hydrogen-bond acceptors (Lipinski definition) is 4. The first-order valence-corrected chi connectivity index (χ1v) is 5.23. The van der Waals surface area contributed by atoms with Crippen molar-refractivity contribution in [2.24, 2.45) is 5.92 Å². The number of aromatic nitrogens is 2. The first-order valence-electron chi connectivity index (χ1n) is 4.86. The van der Waals surface area contributed by atoms with Gasteiger partial charge in [0.05, 0.1) is 6.61 Å². The lowest BCUT2D eigenvalue weighted by molar-refractivity contribution is 0.164. The van der Waals surface area contributed by atoms with Crippen molar-refractivity contribution in [1.82, 2.24) is 9.97 Å². The summed E-state index contributed by atoms with van der Waals surface area (Å²) in [4.78, 5) is 8.21. The molecule has 15 heavy (non-hydrogen) atoms. The molecule has 1 aromatic rings. The summed E-state index contributed by atoms with van der Waals surface area (Å²) in [5, 5.41) is 3.66. The number of nitrogens with one attached hydrogen (secondary N) is 1. The van der Waals surface area contributed by atoms with Gasteiger partial charge in [0, 0.05) is 19.7 Å². The molecular formula is C10H16ClN3O. The van der Waals surface area contributed by atoms with Crippen molar-refractivity contribution in [2.75, 3.05) is 25.6 Å². The molecule has 1 aromatic heterocycles. The van der Waals surface area contributed by atoms with E-state index >= 15 is 0 Å². The Balaban J connectivity index is 2.50. The second kappa shape index (κ2) is 5.88. The lowest BCUT2D eigenvalue weighted by Gasteiger charge is -2.12. The Hall–Kier alpha value is -0.870. The summed E-state index contributed by atoms with van der Waals surface area (Å²) in [5.41, 5.74) is 0. The zero-order chi connectivity index (χ0) is 11.3. The summed E-state index contributed by atoms with van der Waals surface area (Å²) in [6, 6.07) is 1.72. The smallest absolute Gasteiger partial charge is 0.134 e. The van der Waals surface area contributed by atoms with E-state index in [4.69, 9.17) is 16.3 Å². The normalized spacial score (nSPS) is 12.5. The van der Waals surface area contributed by atoms with Crippen molar-refractivity contribution in [3.05, 3.63) is 17.0 Å². The van der Waals surface area contributed by atoms with E-state index in [1.165, 1.54) is 0 Å². The Bertz CT molecular complexity index is 299. The molecule has 0 aromatic carbocycles. The van der Waals surface area contributed by atoms with Crippen LogP contribution in [0.25, 0.3) is 0 Å². The second-order valence-corrected chi connectivity index (χ2v) is 3.95. The SMILES string of the molecule is COCC(C)CNc1cc(Cl)nc(C)n1. The van der Waals surface area contributed by atoms with Crippen LogP contribution in [0.15, 0.2) is 6.07 Å². The molecule has 0 bridgehead atoms. The van der Waals surface area contributed by atoms with Crippen LogP contribution < -0.4 is 5.32 Å². The summed E-state index contributed by atoms with van der Waals surface area (Å²) in [6.45, 7) is 5.45. The molecule has 0 fully saturated rings. The largest absolute Gasteiger partial charge is 0.384 e. The van der Waals surface area contributed by atoms with Crippen LogP contribution in [-0.2, 0) is 4.74 Å². The molecule has 0 amide bonds. The minimum atomic E-state index is 0.434. The molecule has 0 aliphatic carbocycles. The monoisotopic (exact) mass is 229 g/mol. The minimum absolute atomic E-state index is 0.434. The zero-order valence-corrected chi connectivity index (χ0v) is 10.0. The molecule has 1 rings (SSSR count). The van der Waals surface area contributed by atoms with Crippen LogP contribution >= 0.6 is 11.6 Å². The fraction of sp³-hybridized carbons (Fsp3) is 0.600. The second-order valence-electron chi connectivity index (χ2n) is 3.56. The van der Waals surface area contributed by atoms with Gasteiger partial charge in [0.1, 0.15) is 16.8 Å². The van der Waals surface area contributed by atoms with Gasteiger partial charge < -0.3 is 10.1 Å². The molecule has 4 nitrogen and oxygen atoms in total. The number of nitrogens with zero attached hydrogens (tertiary/aromatic N) is 2.